The molecule has 0 bridgehead atoms. The molecule has 2 aliphatic rings. The van der Waals surface area contributed by atoms with Crippen molar-refractivity contribution in [3.8, 4) is 5.75 Å². The van der Waals surface area contributed by atoms with Crippen LogP contribution in [0.5, 0.6) is 5.75 Å². The maximum Gasteiger partial charge on any atom is 0.328 e. The SMILES string of the molecule is COc1ccc(C[C@H]2NC(=O)C=CC[C@@H]([C@H](C)C=Cc3ccccc3)OC(=O)[C@H](CC(C)C)NC(=O)C3(CC3)CNC2=O)cc1Cl. The van der Waals surface area contributed by atoms with Crippen LogP contribution in [0, 0.1) is 17.3 Å². The van der Waals surface area contributed by atoms with Gasteiger partial charge in [-0.1, -0.05) is 87.0 Å². The van der Waals surface area contributed by atoms with Gasteiger partial charge in [0.25, 0.3) is 0 Å². The number of ether oxygens (including phenoxy) is 2. The van der Waals surface area contributed by atoms with E-state index in [0.717, 1.165) is 11.1 Å². The summed E-state index contributed by atoms with van der Waals surface area (Å²) in [5, 5.41) is 9.00. The molecule has 1 aliphatic heterocycles. The summed E-state index contributed by atoms with van der Waals surface area (Å²) in [6.07, 6.45) is 8.29. The fourth-order valence-corrected chi connectivity index (χ4v) is 5.65. The number of hydrogen-bond donors (Lipinski definition) is 3. The zero-order valence-corrected chi connectivity index (χ0v) is 27.6. The van der Waals surface area contributed by atoms with Gasteiger partial charge in [0, 0.05) is 25.3 Å². The zero-order chi connectivity index (χ0) is 33.3. The number of methoxy groups -OCH3 is 1. The van der Waals surface area contributed by atoms with Crippen molar-refractivity contribution in [1.29, 1.82) is 0 Å². The summed E-state index contributed by atoms with van der Waals surface area (Å²) in [6.45, 7) is 5.98. The van der Waals surface area contributed by atoms with Crippen molar-refractivity contribution < 1.29 is 28.7 Å². The average Bonchev–Trinajstić information content (AvgIpc) is 3.82. The molecule has 2 aromatic rings. The van der Waals surface area contributed by atoms with Gasteiger partial charge >= 0.3 is 5.97 Å². The van der Waals surface area contributed by atoms with Crippen LogP contribution in [0.25, 0.3) is 6.08 Å². The summed E-state index contributed by atoms with van der Waals surface area (Å²) in [5.41, 5.74) is 0.905. The van der Waals surface area contributed by atoms with E-state index in [2.05, 4.69) is 16.0 Å². The lowest BCUT2D eigenvalue weighted by atomic mass is 9.98. The lowest BCUT2D eigenvalue weighted by Gasteiger charge is -2.27. The Morgan fingerprint density at radius 3 is 2.41 bits per heavy atom. The van der Waals surface area contributed by atoms with Crippen molar-refractivity contribution >= 4 is 41.4 Å². The highest BCUT2D eigenvalue weighted by atomic mass is 35.5. The number of esters is 1. The highest BCUT2D eigenvalue weighted by Crippen LogP contribution is 2.45. The maximum absolute atomic E-state index is 13.6. The lowest BCUT2D eigenvalue weighted by Crippen LogP contribution is -2.52. The van der Waals surface area contributed by atoms with E-state index in [9.17, 15) is 19.2 Å². The molecule has 0 unspecified atom stereocenters. The second-order valence-electron chi connectivity index (χ2n) is 12.6. The number of carbonyl (C=O) groups excluding carboxylic acids is 4. The Labute approximate surface area is 276 Å². The Morgan fingerprint density at radius 2 is 1.76 bits per heavy atom. The van der Waals surface area contributed by atoms with Crippen molar-refractivity contribution in [2.45, 2.75) is 71.1 Å². The normalized spacial score (nSPS) is 23.0. The molecule has 2 aromatic carbocycles. The average molecular weight is 650 g/mol. The van der Waals surface area contributed by atoms with E-state index in [1.54, 1.807) is 24.3 Å². The summed E-state index contributed by atoms with van der Waals surface area (Å²) in [6, 6.07) is 13.2. The number of halogens is 1. The molecule has 4 atom stereocenters. The first-order valence-corrected chi connectivity index (χ1v) is 16.2. The number of benzene rings is 2. The Morgan fingerprint density at radius 1 is 1.02 bits per heavy atom. The minimum absolute atomic E-state index is 0.0800. The molecule has 0 saturated heterocycles. The van der Waals surface area contributed by atoms with Gasteiger partial charge in [0.2, 0.25) is 17.7 Å². The lowest BCUT2D eigenvalue weighted by molar-refractivity contribution is -0.155. The molecule has 1 heterocycles. The van der Waals surface area contributed by atoms with Gasteiger partial charge in [0.1, 0.15) is 23.9 Å². The molecule has 4 rings (SSSR count). The largest absolute Gasteiger partial charge is 0.495 e. The third-order valence-electron chi connectivity index (χ3n) is 8.41. The van der Waals surface area contributed by atoms with Crippen LogP contribution in [0.2, 0.25) is 5.02 Å². The molecule has 1 fully saturated rings. The number of nitrogens with one attached hydrogen (secondary N) is 3. The molecule has 3 amide bonds. The quantitative estimate of drug-likeness (QED) is 0.345. The molecular weight excluding hydrogens is 606 g/mol. The number of carbonyl (C=O) groups is 4. The van der Waals surface area contributed by atoms with Gasteiger partial charge in [-0.2, -0.15) is 0 Å². The highest BCUT2D eigenvalue weighted by molar-refractivity contribution is 6.32. The van der Waals surface area contributed by atoms with E-state index in [1.807, 2.05) is 63.3 Å². The van der Waals surface area contributed by atoms with Crippen molar-refractivity contribution in [2.24, 2.45) is 17.3 Å². The first-order chi connectivity index (χ1) is 22.0. The molecule has 0 aromatic heterocycles. The van der Waals surface area contributed by atoms with Crippen LogP contribution in [0.1, 0.15) is 57.6 Å². The monoisotopic (exact) mass is 649 g/mol. The summed E-state index contributed by atoms with van der Waals surface area (Å²) in [5.74, 6) is -1.30. The van der Waals surface area contributed by atoms with Crippen LogP contribution >= 0.6 is 11.6 Å². The minimum atomic E-state index is -0.927. The first kappa shape index (κ1) is 34.8. The highest BCUT2D eigenvalue weighted by Gasteiger charge is 2.51. The fourth-order valence-electron chi connectivity index (χ4n) is 5.37. The van der Waals surface area contributed by atoms with Crippen LogP contribution in [0.3, 0.4) is 0 Å². The predicted molar refractivity (Wildman–Crippen MR) is 178 cm³/mol. The van der Waals surface area contributed by atoms with Gasteiger partial charge in [-0.25, -0.2) is 4.79 Å². The molecule has 1 saturated carbocycles. The van der Waals surface area contributed by atoms with Crippen LogP contribution in [-0.2, 0) is 30.3 Å². The summed E-state index contributed by atoms with van der Waals surface area (Å²) >= 11 is 6.32. The molecular formula is C36H44ClN3O6. The molecule has 1 spiro atoms. The number of hydrogen-bond acceptors (Lipinski definition) is 6. The van der Waals surface area contributed by atoms with Gasteiger partial charge in [0.15, 0.2) is 0 Å². The standard InChI is InChI=1S/C36H44ClN3O6/c1-23(2)19-29-34(43)46-30(24(3)13-14-25-9-6-5-7-10-25)11-8-12-32(41)39-28(21-26-15-16-31(45-4)27(37)20-26)33(42)38-22-36(17-18-36)35(44)40-29/h5-10,12-16,20,23-24,28-30H,11,17-19,21-22H2,1-4H3,(H,38,42)(H,39,41)(H,40,44)/t24-,28-,29+,30+/m1/s1. The fraction of sp³-hybridized carbons (Fsp3) is 0.444. The summed E-state index contributed by atoms with van der Waals surface area (Å²) < 4.78 is 11.3. The van der Waals surface area contributed by atoms with Gasteiger partial charge in [-0.15, -0.1) is 0 Å². The van der Waals surface area contributed by atoms with Crippen molar-refractivity contribution in [3.05, 3.63) is 82.9 Å². The van der Waals surface area contributed by atoms with Crippen LogP contribution in [0.4, 0.5) is 0 Å². The second kappa shape index (κ2) is 15.9. The zero-order valence-electron chi connectivity index (χ0n) is 26.9. The van der Waals surface area contributed by atoms with E-state index in [0.29, 0.717) is 30.0 Å². The summed E-state index contributed by atoms with van der Waals surface area (Å²) in [4.78, 5) is 53.7. The van der Waals surface area contributed by atoms with Crippen LogP contribution in [0.15, 0.2) is 66.8 Å². The predicted octanol–water partition coefficient (Wildman–Crippen LogP) is 5.02. The van der Waals surface area contributed by atoms with E-state index in [1.165, 1.54) is 13.2 Å². The van der Waals surface area contributed by atoms with Crippen LogP contribution < -0.4 is 20.7 Å². The molecule has 1 aliphatic carbocycles. The topological polar surface area (TPSA) is 123 Å². The maximum atomic E-state index is 13.6. The smallest absolute Gasteiger partial charge is 0.328 e. The van der Waals surface area contributed by atoms with Crippen molar-refractivity contribution in [2.75, 3.05) is 13.7 Å². The minimum Gasteiger partial charge on any atom is -0.495 e. The Bertz CT molecular complexity index is 1450. The van der Waals surface area contributed by atoms with Gasteiger partial charge < -0.3 is 25.4 Å². The number of rotatable bonds is 8. The third-order valence-corrected chi connectivity index (χ3v) is 8.70. The Kier molecular flexibility index (Phi) is 12.0. The molecule has 246 valence electrons. The number of cyclic esters (lactones) is 1. The van der Waals surface area contributed by atoms with E-state index < -0.39 is 41.4 Å². The Hall–Kier alpha value is -4.11. The Balaban J connectivity index is 1.61. The van der Waals surface area contributed by atoms with Gasteiger partial charge in [0.05, 0.1) is 17.5 Å². The van der Waals surface area contributed by atoms with E-state index >= 15 is 0 Å². The molecule has 10 heteroatoms. The third kappa shape index (κ3) is 9.69. The molecule has 46 heavy (non-hydrogen) atoms. The number of amides is 3. The van der Waals surface area contributed by atoms with E-state index in [4.69, 9.17) is 21.1 Å². The second-order valence-corrected chi connectivity index (χ2v) is 13.0. The van der Waals surface area contributed by atoms with Gasteiger partial charge in [-0.3, -0.25) is 14.4 Å². The molecule has 3 N–H and O–H groups in total. The van der Waals surface area contributed by atoms with Crippen LogP contribution in [-0.4, -0.2) is 55.5 Å². The van der Waals surface area contributed by atoms with Crippen molar-refractivity contribution in [3.63, 3.8) is 0 Å². The van der Waals surface area contributed by atoms with E-state index in [-0.39, 0.29) is 37.1 Å². The van der Waals surface area contributed by atoms with Crippen molar-refractivity contribution in [1.82, 2.24) is 16.0 Å². The molecule has 0 radical (unpaired) electrons. The molecule has 9 nitrogen and oxygen atoms in total. The first-order valence-electron chi connectivity index (χ1n) is 15.8. The van der Waals surface area contributed by atoms with Gasteiger partial charge in [-0.05, 0) is 54.5 Å². The summed E-state index contributed by atoms with van der Waals surface area (Å²) in [7, 11) is 1.52.